The first kappa shape index (κ1) is 11.6. The lowest BCUT2D eigenvalue weighted by Crippen LogP contribution is -2.28. The fraction of sp³-hybridized carbons (Fsp3) is 0.538. The third-order valence-electron chi connectivity index (χ3n) is 3.39. The van der Waals surface area contributed by atoms with E-state index in [1.165, 1.54) is 0 Å². The summed E-state index contributed by atoms with van der Waals surface area (Å²) in [4.78, 5) is 2.29. The Labute approximate surface area is 96.2 Å². The van der Waals surface area contributed by atoms with Gasteiger partial charge >= 0.3 is 0 Å². The van der Waals surface area contributed by atoms with Gasteiger partial charge in [-0.3, -0.25) is 4.90 Å². The van der Waals surface area contributed by atoms with E-state index in [2.05, 4.69) is 11.8 Å². The second kappa shape index (κ2) is 4.52. The van der Waals surface area contributed by atoms with Gasteiger partial charge in [0.05, 0.1) is 0 Å². The van der Waals surface area contributed by atoms with E-state index in [1.54, 1.807) is 13.0 Å². The van der Waals surface area contributed by atoms with Crippen LogP contribution in [0.4, 0.5) is 4.39 Å². The van der Waals surface area contributed by atoms with Gasteiger partial charge in [-0.15, -0.1) is 0 Å². The minimum absolute atomic E-state index is 0.117. The lowest BCUT2D eigenvalue weighted by Gasteiger charge is -2.15. The van der Waals surface area contributed by atoms with Crippen molar-refractivity contribution in [3.63, 3.8) is 0 Å². The van der Waals surface area contributed by atoms with E-state index in [0.29, 0.717) is 11.5 Å². The number of hydrogen-bond acceptors (Lipinski definition) is 2. The largest absolute Gasteiger partial charge is 0.326 e. The number of nitrogens with zero attached hydrogens (tertiary/aromatic N) is 1. The minimum Gasteiger partial charge on any atom is -0.326 e. The Morgan fingerprint density at radius 3 is 2.75 bits per heavy atom. The van der Waals surface area contributed by atoms with E-state index < -0.39 is 0 Å². The highest BCUT2D eigenvalue weighted by Crippen LogP contribution is 2.18. The molecule has 0 spiro atoms. The zero-order chi connectivity index (χ0) is 11.7. The topological polar surface area (TPSA) is 29.3 Å². The number of hydrogen-bond donors (Lipinski definition) is 1. The van der Waals surface area contributed by atoms with Crippen molar-refractivity contribution in [2.24, 2.45) is 11.7 Å². The van der Waals surface area contributed by atoms with E-state index in [1.807, 2.05) is 12.1 Å². The van der Waals surface area contributed by atoms with Gasteiger partial charge in [0.15, 0.2) is 0 Å². The number of halogens is 1. The van der Waals surface area contributed by atoms with Gasteiger partial charge in [-0.25, -0.2) is 4.39 Å². The van der Waals surface area contributed by atoms with Crippen LogP contribution in [0.2, 0.25) is 0 Å². The molecule has 2 N–H and O–H groups in total. The standard InChI is InChI=1S/C13H19FN2/c1-9-3-4-11(5-12(9)14)7-16-6-10(2)13(15)8-16/h3-5,10,13H,6-8,15H2,1-2H3. The number of likely N-dealkylation sites (tertiary alicyclic amines) is 1. The molecule has 0 saturated carbocycles. The first-order valence-corrected chi connectivity index (χ1v) is 5.79. The maximum Gasteiger partial charge on any atom is 0.126 e. The molecule has 1 aromatic rings. The normalized spacial score (nSPS) is 26.2. The maximum absolute atomic E-state index is 13.4. The van der Waals surface area contributed by atoms with Crippen molar-refractivity contribution >= 4 is 0 Å². The summed E-state index contributed by atoms with van der Waals surface area (Å²) in [6.07, 6.45) is 0. The molecule has 88 valence electrons. The van der Waals surface area contributed by atoms with Crippen molar-refractivity contribution < 1.29 is 4.39 Å². The average molecular weight is 222 g/mol. The number of rotatable bonds is 2. The fourth-order valence-corrected chi connectivity index (χ4v) is 2.22. The van der Waals surface area contributed by atoms with E-state index >= 15 is 0 Å². The first-order valence-electron chi connectivity index (χ1n) is 5.79. The molecule has 0 aliphatic carbocycles. The second-order valence-electron chi connectivity index (χ2n) is 4.92. The summed E-state index contributed by atoms with van der Waals surface area (Å²) in [5, 5.41) is 0. The second-order valence-corrected chi connectivity index (χ2v) is 4.92. The van der Waals surface area contributed by atoms with Gasteiger partial charge in [-0.1, -0.05) is 19.1 Å². The molecule has 2 unspecified atom stereocenters. The Bertz CT molecular complexity index is 368. The zero-order valence-electron chi connectivity index (χ0n) is 9.91. The summed E-state index contributed by atoms with van der Waals surface area (Å²) in [6.45, 7) is 6.68. The van der Waals surface area contributed by atoms with Crippen LogP contribution in [0.3, 0.4) is 0 Å². The molecule has 1 aromatic carbocycles. The van der Waals surface area contributed by atoms with Crippen molar-refractivity contribution in [2.45, 2.75) is 26.4 Å². The van der Waals surface area contributed by atoms with Crippen LogP contribution < -0.4 is 5.73 Å². The molecule has 1 fully saturated rings. The van der Waals surface area contributed by atoms with Crippen molar-refractivity contribution in [3.05, 3.63) is 35.1 Å². The van der Waals surface area contributed by atoms with Gasteiger partial charge in [0.25, 0.3) is 0 Å². The molecule has 2 atom stereocenters. The molecule has 2 rings (SSSR count). The summed E-state index contributed by atoms with van der Waals surface area (Å²) in [5.41, 5.74) is 7.70. The van der Waals surface area contributed by atoms with Crippen molar-refractivity contribution in [2.75, 3.05) is 13.1 Å². The first-order chi connectivity index (χ1) is 7.56. The van der Waals surface area contributed by atoms with E-state index in [4.69, 9.17) is 5.73 Å². The van der Waals surface area contributed by atoms with Crippen LogP contribution in [0.5, 0.6) is 0 Å². The van der Waals surface area contributed by atoms with Gasteiger partial charge in [0, 0.05) is 25.7 Å². The van der Waals surface area contributed by atoms with Crippen LogP contribution >= 0.6 is 0 Å². The van der Waals surface area contributed by atoms with Crippen LogP contribution in [0.1, 0.15) is 18.1 Å². The molecule has 2 nitrogen and oxygen atoms in total. The summed E-state index contributed by atoms with van der Waals surface area (Å²) in [5.74, 6) is 0.421. The third kappa shape index (κ3) is 2.42. The predicted octanol–water partition coefficient (Wildman–Crippen LogP) is 1.91. The van der Waals surface area contributed by atoms with E-state index in [9.17, 15) is 4.39 Å². The Kier molecular flexibility index (Phi) is 3.26. The highest BCUT2D eigenvalue weighted by atomic mass is 19.1. The van der Waals surface area contributed by atoms with E-state index in [0.717, 1.165) is 25.2 Å². The molecule has 16 heavy (non-hydrogen) atoms. The Balaban J connectivity index is 2.02. The lowest BCUT2D eigenvalue weighted by molar-refractivity contribution is 0.318. The average Bonchev–Trinajstić information content (AvgIpc) is 2.52. The zero-order valence-corrected chi connectivity index (χ0v) is 9.91. The Hall–Kier alpha value is -0.930. The molecule has 1 saturated heterocycles. The summed E-state index contributed by atoms with van der Waals surface area (Å²) < 4.78 is 13.4. The highest BCUT2D eigenvalue weighted by molar-refractivity contribution is 5.23. The van der Waals surface area contributed by atoms with Gasteiger partial charge < -0.3 is 5.73 Å². The minimum atomic E-state index is -0.117. The highest BCUT2D eigenvalue weighted by Gasteiger charge is 2.26. The van der Waals surface area contributed by atoms with Crippen LogP contribution in [0, 0.1) is 18.7 Å². The number of aryl methyl sites for hydroxylation is 1. The Morgan fingerprint density at radius 2 is 2.19 bits per heavy atom. The molecule has 0 radical (unpaired) electrons. The van der Waals surface area contributed by atoms with Gasteiger partial charge in [-0.2, -0.15) is 0 Å². The number of nitrogens with two attached hydrogens (primary N) is 1. The monoisotopic (exact) mass is 222 g/mol. The third-order valence-corrected chi connectivity index (χ3v) is 3.39. The smallest absolute Gasteiger partial charge is 0.126 e. The van der Waals surface area contributed by atoms with Crippen LogP contribution in [-0.4, -0.2) is 24.0 Å². The van der Waals surface area contributed by atoms with Gasteiger partial charge in [0.1, 0.15) is 5.82 Å². The molecule has 1 aliphatic heterocycles. The molecule has 0 bridgehead atoms. The van der Waals surface area contributed by atoms with Crippen molar-refractivity contribution in [3.8, 4) is 0 Å². The summed E-state index contributed by atoms with van der Waals surface area (Å²) in [7, 11) is 0. The molecular weight excluding hydrogens is 203 g/mol. The maximum atomic E-state index is 13.4. The van der Waals surface area contributed by atoms with Crippen molar-refractivity contribution in [1.29, 1.82) is 0 Å². The summed E-state index contributed by atoms with van der Waals surface area (Å²) in [6, 6.07) is 5.72. The quantitative estimate of drug-likeness (QED) is 0.828. The van der Waals surface area contributed by atoms with Crippen LogP contribution in [0.25, 0.3) is 0 Å². The molecular formula is C13H19FN2. The van der Waals surface area contributed by atoms with Gasteiger partial charge in [0.2, 0.25) is 0 Å². The fourth-order valence-electron chi connectivity index (χ4n) is 2.22. The SMILES string of the molecule is Cc1ccc(CN2CC(C)C(N)C2)cc1F. The lowest BCUT2D eigenvalue weighted by atomic mass is 10.1. The molecule has 0 amide bonds. The number of benzene rings is 1. The molecule has 3 heteroatoms. The Morgan fingerprint density at radius 1 is 1.44 bits per heavy atom. The molecule has 1 aliphatic rings. The molecule has 0 aromatic heterocycles. The van der Waals surface area contributed by atoms with Gasteiger partial charge in [-0.05, 0) is 30.0 Å². The predicted molar refractivity (Wildman–Crippen MR) is 63.6 cm³/mol. The van der Waals surface area contributed by atoms with Crippen LogP contribution in [0.15, 0.2) is 18.2 Å². The molecule has 1 heterocycles. The van der Waals surface area contributed by atoms with Crippen LogP contribution in [-0.2, 0) is 6.54 Å². The summed E-state index contributed by atoms with van der Waals surface area (Å²) >= 11 is 0. The van der Waals surface area contributed by atoms with Crippen molar-refractivity contribution in [1.82, 2.24) is 4.90 Å². The van der Waals surface area contributed by atoms with E-state index in [-0.39, 0.29) is 11.9 Å².